The second kappa shape index (κ2) is 14.4. The summed E-state index contributed by atoms with van der Waals surface area (Å²) in [6.07, 6.45) is 0.333. The summed E-state index contributed by atoms with van der Waals surface area (Å²) >= 11 is 0. The van der Waals surface area contributed by atoms with E-state index in [-0.39, 0.29) is 12.2 Å². The first-order valence-corrected chi connectivity index (χ1v) is 13.8. The Bertz CT molecular complexity index is 1440. The number of aldehydes is 1. The first-order valence-electron chi connectivity index (χ1n) is 13.8. The molecule has 0 bridgehead atoms. The summed E-state index contributed by atoms with van der Waals surface area (Å²) < 4.78 is 28.2. The molecule has 0 unspecified atom stereocenters. The van der Waals surface area contributed by atoms with Gasteiger partial charge in [0.2, 0.25) is 11.8 Å². The molecule has 0 N–H and O–H groups in total. The zero-order chi connectivity index (χ0) is 29.2. The lowest BCUT2D eigenvalue weighted by Crippen LogP contribution is -2.25. The predicted octanol–water partition coefficient (Wildman–Crippen LogP) is 7.21. The number of carbonyl (C=O) groups excluding carboxylic acids is 1. The van der Waals surface area contributed by atoms with Crippen LogP contribution in [0.25, 0.3) is 22.3 Å². The van der Waals surface area contributed by atoms with Crippen LogP contribution in [-0.2, 0) is 16.1 Å². The molecule has 0 fully saturated rings. The lowest BCUT2D eigenvalue weighted by Gasteiger charge is -2.18. The van der Waals surface area contributed by atoms with Crippen molar-refractivity contribution in [2.75, 3.05) is 26.9 Å². The molecule has 41 heavy (non-hydrogen) atoms. The van der Waals surface area contributed by atoms with E-state index in [0.717, 1.165) is 39.1 Å². The number of ether oxygens (including phenoxy) is 5. The van der Waals surface area contributed by atoms with Crippen LogP contribution in [0.5, 0.6) is 17.5 Å². The third-order valence-electron chi connectivity index (χ3n) is 6.89. The van der Waals surface area contributed by atoms with E-state index < -0.39 is 0 Å². The number of nitrogens with zero attached hydrogens (tertiary/aromatic N) is 1. The van der Waals surface area contributed by atoms with Gasteiger partial charge in [0.15, 0.2) is 12.6 Å². The number of aromatic nitrogens is 1. The van der Waals surface area contributed by atoms with Crippen LogP contribution in [0.2, 0.25) is 0 Å². The Kier molecular flexibility index (Phi) is 10.5. The molecule has 0 amide bonds. The predicted molar refractivity (Wildman–Crippen MR) is 160 cm³/mol. The molecule has 7 nitrogen and oxygen atoms in total. The summed E-state index contributed by atoms with van der Waals surface area (Å²) in [4.78, 5) is 15.5. The molecule has 0 saturated carbocycles. The van der Waals surface area contributed by atoms with Crippen molar-refractivity contribution in [3.63, 3.8) is 0 Å². The molecule has 0 spiro atoms. The third-order valence-corrected chi connectivity index (χ3v) is 6.89. The molecular formula is C34H37NO6. The van der Waals surface area contributed by atoms with Crippen LogP contribution in [0.1, 0.15) is 40.9 Å². The van der Waals surface area contributed by atoms with Gasteiger partial charge in [-0.3, -0.25) is 4.79 Å². The van der Waals surface area contributed by atoms with Gasteiger partial charge in [-0.1, -0.05) is 48.5 Å². The van der Waals surface area contributed by atoms with Crippen LogP contribution in [0.4, 0.5) is 0 Å². The van der Waals surface area contributed by atoms with Crippen LogP contribution < -0.4 is 14.2 Å². The Morgan fingerprint density at radius 2 is 1.44 bits per heavy atom. The van der Waals surface area contributed by atoms with Gasteiger partial charge in [-0.15, -0.1) is 0 Å². The molecule has 7 heteroatoms. The van der Waals surface area contributed by atoms with Gasteiger partial charge in [0.1, 0.15) is 19.0 Å². The number of carbonyl (C=O) groups is 1. The van der Waals surface area contributed by atoms with Gasteiger partial charge in [0.05, 0.1) is 12.7 Å². The Hall–Kier alpha value is -4.20. The summed E-state index contributed by atoms with van der Waals surface area (Å²) in [7, 11) is 1.48. The molecule has 1 aromatic heterocycles. The smallest absolute Gasteiger partial charge is 0.227 e. The topological polar surface area (TPSA) is 76.1 Å². The second-order valence-corrected chi connectivity index (χ2v) is 9.40. The molecule has 4 aromatic rings. The summed E-state index contributed by atoms with van der Waals surface area (Å²) in [6, 6.07) is 24.0. The molecule has 0 saturated heterocycles. The van der Waals surface area contributed by atoms with Crippen molar-refractivity contribution < 1.29 is 28.5 Å². The number of methoxy groups -OCH3 is 1. The average Bonchev–Trinajstić information content (AvgIpc) is 3.00. The minimum absolute atomic E-state index is 0.246. The first kappa shape index (κ1) is 29.8. The zero-order valence-corrected chi connectivity index (χ0v) is 24.3. The Morgan fingerprint density at radius 1 is 0.780 bits per heavy atom. The van der Waals surface area contributed by atoms with Crippen LogP contribution in [0.15, 0.2) is 72.8 Å². The molecule has 0 aliphatic rings. The number of pyridine rings is 1. The second-order valence-electron chi connectivity index (χ2n) is 9.40. The van der Waals surface area contributed by atoms with Gasteiger partial charge in [-0.2, -0.15) is 4.98 Å². The lowest BCUT2D eigenvalue weighted by molar-refractivity contribution is -0.152. The largest absolute Gasteiger partial charge is 0.488 e. The number of rotatable bonds is 14. The molecule has 214 valence electrons. The minimum atomic E-state index is -0.380. The van der Waals surface area contributed by atoms with E-state index >= 15 is 0 Å². The van der Waals surface area contributed by atoms with E-state index in [9.17, 15) is 4.79 Å². The van der Waals surface area contributed by atoms with Gasteiger partial charge in [0, 0.05) is 19.3 Å². The van der Waals surface area contributed by atoms with Crippen molar-refractivity contribution in [2.45, 2.75) is 40.6 Å². The zero-order valence-electron chi connectivity index (χ0n) is 24.3. The lowest BCUT2D eigenvalue weighted by atomic mass is 9.89. The van der Waals surface area contributed by atoms with Crippen molar-refractivity contribution in [1.82, 2.24) is 4.98 Å². The maximum atomic E-state index is 11.2. The summed E-state index contributed by atoms with van der Waals surface area (Å²) in [5.41, 5.74) is 8.32. The third kappa shape index (κ3) is 7.31. The van der Waals surface area contributed by atoms with Gasteiger partial charge < -0.3 is 23.7 Å². The Labute approximate surface area is 242 Å². The standard InChI is InChI=1S/C34H37NO6/c1-6-38-33(39-7-2)22-40-28-17-14-25(15-18-28)29-11-9-13-31(24(29)4)30-12-8-10-27(23(30)3)21-41-32-19-16-26(20-36)34(35-32)37-5/h8-20,33H,6-7,21-22H2,1-5H3. The molecule has 3 aromatic carbocycles. The molecule has 4 rings (SSSR count). The van der Waals surface area contributed by atoms with Crippen LogP contribution in [0.3, 0.4) is 0 Å². The van der Waals surface area contributed by atoms with Crippen molar-refractivity contribution in [3.8, 4) is 39.8 Å². The SMILES string of the molecule is CCOC(COc1ccc(-c2cccc(-c3cccc(COc4ccc(C=O)c(OC)n4)c3C)c2C)cc1)OCC. The van der Waals surface area contributed by atoms with Crippen molar-refractivity contribution in [2.24, 2.45) is 0 Å². The Balaban J connectivity index is 1.52. The van der Waals surface area contributed by atoms with E-state index in [2.05, 4.69) is 61.3 Å². The highest BCUT2D eigenvalue weighted by atomic mass is 16.7. The van der Waals surface area contributed by atoms with Crippen molar-refractivity contribution >= 4 is 6.29 Å². The number of hydrogen-bond acceptors (Lipinski definition) is 7. The van der Waals surface area contributed by atoms with Gasteiger partial charge in [-0.05, 0) is 84.8 Å². The van der Waals surface area contributed by atoms with Crippen LogP contribution in [0, 0.1) is 13.8 Å². The summed E-state index contributed by atoms with van der Waals surface area (Å²) in [5.74, 6) is 1.41. The quantitative estimate of drug-likeness (QED) is 0.120. The van der Waals surface area contributed by atoms with Crippen LogP contribution >= 0.6 is 0 Å². The highest BCUT2D eigenvalue weighted by Crippen LogP contribution is 2.35. The van der Waals surface area contributed by atoms with E-state index in [0.29, 0.717) is 44.2 Å². The minimum Gasteiger partial charge on any atom is -0.488 e. The molecule has 0 aliphatic carbocycles. The fourth-order valence-electron chi connectivity index (χ4n) is 4.70. The fourth-order valence-corrected chi connectivity index (χ4v) is 4.70. The van der Waals surface area contributed by atoms with Crippen LogP contribution in [-0.4, -0.2) is 44.5 Å². The maximum absolute atomic E-state index is 11.2. The summed E-state index contributed by atoms with van der Waals surface area (Å²) in [5, 5.41) is 0. The number of benzene rings is 3. The van der Waals surface area contributed by atoms with Crippen molar-refractivity contribution in [3.05, 3.63) is 95.1 Å². The van der Waals surface area contributed by atoms with Gasteiger partial charge in [0.25, 0.3) is 0 Å². The monoisotopic (exact) mass is 555 g/mol. The summed E-state index contributed by atoms with van der Waals surface area (Å²) in [6.45, 7) is 9.95. The maximum Gasteiger partial charge on any atom is 0.227 e. The van der Waals surface area contributed by atoms with Gasteiger partial charge >= 0.3 is 0 Å². The first-order chi connectivity index (χ1) is 20.0. The average molecular weight is 556 g/mol. The molecule has 0 aliphatic heterocycles. The molecule has 1 heterocycles. The highest BCUT2D eigenvalue weighted by molar-refractivity contribution is 5.80. The normalized spacial score (nSPS) is 11.0. The Morgan fingerprint density at radius 3 is 2.10 bits per heavy atom. The molecular weight excluding hydrogens is 518 g/mol. The van der Waals surface area contributed by atoms with E-state index in [1.165, 1.54) is 12.7 Å². The fraction of sp³-hybridized carbons (Fsp3) is 0.294. The van der Waals surface area contributed by atoms with E-state index in [4.69, 9.17) is 23.7 Å². The number of hydrogen-bond donors (Lipinski definition) is 0. The van der Waals surface area contributed by atoms with E-state index in [1.54, 1.807) is 12.1 Å². The molecule has 0 radical (unpaired) electrons. The van der Waals surface area contributed by atoms with Gasteiger partial charge in [-0.25, -0.2) is 0 Å². The highest BCUT2D eigenvalue weighted by Gasteiger charge is 2.14. The van der Waals surface area contributed by atoms with Crippen molar-refractivity contribution in [1.29, 1.82) is 0 Å². The molecule has 0 atom stereocenters. The van der Waals surface area contributed by atoms with E-state index in [1.807, 2.05) is 32.0 Å².